The Kier molecular flexibility index (Phi) is 4.32. The lowest BCUT2D eigenvalue weighted by molar-refractivity contribution is 0.0681. The largest absolute Gasteiger partial charge is 0.478 e. The van der Waals surface area contributed by atoms with Crippen molar-refractivity contribution in [3.8, 4) is 5.69 Å². The van der Waals surface area contributed by atoms with E-state index in [1.54, 1.807) is 12.1 Å². The van der Waals surface area contributed by atoms with E-state index in [2.05, 4.69) is 10.3 Å². The number of aromatic carboxylic acids is 2. The second-order valence-electron chi connectivity index (χ2n) is 4.56. The zero-order valence-electron chi connectivity index (χ0n) is 11.5. The van der Waals surface area contributed by atoms with Crippen molar-refractivity contribution in [2.75, 3.05) is 0 Å². The first kappa shape index (κ1) is 14.7. The molecule has 0 aliphatic carbocycles. The van der Waals surface area contributed by atoms with Crippen LogP contribution in [0.3, 0.4) is 0 Å². The average Bonchev–Trinajstić information content (AvgIpc) is 2.89. The van der Waals surface area contributed by atoms with Gasteiger partial charge in [-0.2, -0.15) is 0 Å². The van der Waals surface area contributed by atoms with E-state index in [1.165, 1.54) is 16.8 Å². The first-order valence-electron chi connectivity index (χ1n) is 6.56. The first-order chi connectivity index (χ1) is 10.0. The van der Waals surface area contributed by atoms with Crippen molar-refractivity contribution in [1.29, 1.82) is 0 Å². The summed E-state index contributed by atoms with van der Waals surface area (Å²) in [6.45, 7) is 2.01. The lowest BCUT2D eigenvalue weighted by Gasteiger charge is -2.07. The maximum absolute atomic E-state index is 11.2. The number of aromatic nitrogens is 3. The number of carbonyl (C=O) groups is 2. The molecule has 2 rings (SSSR count). The fourth-order valence-electron chi connectivity index (χ4n) is 1.99. The number of hydrogen-bond donors (Lipinski definition) is 2. The van der Waals surface area contributed by atoms with Gasteiger partial charge in [0.15, 0.2) is 5.69 Å². The van der Waals surface area contributed by atoms with E-state index >= 15 is 0 Å². The SMILES string of the molecule is CCCCc1c(C(=O)O)nnn1-c1ccc(C(=O)O)cc1. The van der Waals surface area contributed by atoms with Gasteiger partial charge in [0, 0.05) is 0 Å². The quantitative estimate of drug-likeness (QED) is 0.842. The van der Waals surface area contributed by atoms with Crippen LogP contribution in [0.2, 0.25) is 0 Å². The third-order valence-corrected chi connectivity index (χ3v) is 3.09. The molecular weight excluding hydrogens is 274 g/mol. The maximum Gasteiger partial charge on any atom is 0.358 e. The summed E-state index contributed by atoms with van der Waals surface area (Å²) in [6.07, 6.45) is 2.29. The molecule has 0 aliphatic rings. The average molecular weight is 289 g/mol. The Hall–Kier alpha value is -2.70. The van der Waals surface area contributed by atoms with Gasteiger partial charge in [0.25, 0.3) is 0 Å². The van der Waals surface area contributed by atoms with Crippen molar-refractivity contribution >= 4 is 11.9 Å². The van der Waals surface area contributed by atoms with Gasteiger partial charge in [-0.05, 0) is 37.1 Å². The second-order valence-corrected chi connectivity index (χ2v) is 4.56. The zero-order valence-corrected chi connectivity index (χ0v) is 11.5. The molecule has 0 atom stereocenters. The Labute approximate surface area is 120 Å². The van der Waals surface area contributed by atoms with Crippen LogP contribution in [0.15, 0.2) is 24.3 Å². The smallest absolute Gasteiger partial charge is 0.358 e. The molecule has 1 heterocycles. The van der Waals surface area contributed by atoms with Gasteiger partial charge in [-0.3, -0.25) is 0 Å². The van der Waals surface area contributed by atoms with Gasteiger partial charge in [0.05, 0.1) is 16.9 Å². The molecular formula is C14H15N3O4. The van der Waals surface area contributed by atoms with Crippen LogP contribution in [-0.4, -0.2) is 37.1 Å². The predicted molar refractivity (Wildman–Crippen MR) is 73.9 cm³/mol. The van der Waals surface area contributed by atoms with Gasteiger partial charge >= 0.3 is 11.9 Å². The molecule has 110 valence electrons. The molecule has 0 aliphatic heterocycles. The lowest BCUT2D eigenvalue weighted by Crippen LogP contribution is -2.07. The van der Waals surface area contributed by atoms with E-state index in [9.17, 15) is 9.59 Å². The van der Waals surface area contributed by atoms with Crippen molar-refractivity contribution in [1.82, 2.24) is 15.0 Å². The summed E-state index contributed by atoms with van der Waals surface area (Å²) in [4.78, 5) is 22.0. The van der Waals surface area contributed by atoms with E-state index in [0.717, 1.165) is 12.8 Å². The Morgan fingerprint density at radius 1 is 1.14 bits per heavy atom. The fraction of sp³-hybridized carbons (Fsp3) is 0.286. The molecule has 2 aromatic rings. The molecule has 0 radical (unpaired) electrons. The number of unbranched alkanes of at least 4 members (excludes halogenated alkanes) is 1. The van der Waals surface area contributed by atoms with Crippen molar-refractivity contribution in [3.63, 3.8) is 0 Å². The normalized spacial score (nSPS) is 10.5. The number of rotatable bonds is 6. The molecule has 1 aromatic carbocycles. The number of benzene rings is 1. The van der Waals surface area contributed by atoms with E-state index in [-0.39, 0.29) is 11.3 Å². The van der Waals surface area contributed by atoms with Gasteiger partial charge in [-0.15, -0.1) is 5.10 Å². The number of hydrogen-bond acceptors (Lipinski definition) is 4. The summed E-state index contributed by atoms with van der Waals surface area (Å²) in [5, 5.41) is 25.6. The van der Waals surface area contributed by atoms with Crippen LogP contribution in [0.5, 0.6) is 0 Å². The van der Waals surface area contributed by atoms with Crippen molar-refractivity contribution in [2.45, 2.75) is 26.2 Å². The van der Waals surface area contributed by atoms with Crippen LogP contribution in [0.25, 0.3) is 5.69 Å². The van der Waals surface area contributed by atoms with Gasteiger partial charge in [-0.25, -0.2) is 14.3 Å². The molecule has 0 saturated heterocycles. The van der Waals surface area contributed by atoms with Gasteiger partial charge in [0.1, 0.15) is 0 Å². The lowest BCUT2D eigenvalue weighted by atomic mass is 10.1. The van der Waals surface area contributed by atoms with Crippen LogP contribution in [0, 0.1) is 0 Å². The van der Waals surface area contributed by atoms with E-state index in [1.807, 2.05) is 6.92 Å². The molecule has 0 saturated carbocycles. The van der Waals surface area contributed by atoms with Crippen LogP contribution < -0.4 is 0 Å². The highest BCUT2D eigenvalue weighted by molar-refractivity contribution is 5.88. The van der Waals surface area contributed by atoms with Crippen LogP contribution >= 0.6 is 0 Å². The highest BCUT2D eigenvalue weighted by atomic mass is 16.4. The Morgan fingerprint density at radius 2 is 1.81 bits per heavy atom. The topological polar surface area (TPSA) is 105 Å². The molecule has 0 spiro atoms. The Balaban J connectivity index is 2.42. The van der Waals surface area contributed by atoms with Gasteiger partial charge in [-0.1, -0.05) is 18.6 Å². The molecule has 0 amide bonds. The molecule has 7 heteroatoms. The molecule has 0 unspecified atom stereocenters. The van der Waals surface area contributed by atoms with Crippen molar-refractivity contribution in [2.24, 2.45) is 0 Å². The van der Waals surface area contributed by atoms with E-state index in [0.29, 0.717) is 17.8 Å². The molecule has 0 fully saturated rings. The highest BCUT2D eigenvalue weighted by Crippen LogP contribution is 2.16. The first-order valence-corrected chi connectivity index (χ1v) is 6.56. The molecule has 21 heavy (non-hydrogen) atoms. The van der Waals surface area contributed by atoms with Crippen LogP contribution in [0.1, 0.15) is 46.3 Å². The Morgan fingerprint density at radius 3 is 2.33 bits per heavy atom. The standard InChI is InChI=1S/C14H15N3O4/c1-2-3-4-11-12(14(20)21)15-16-17(11)10-7-5-9(6-8-10)13(18)19/h5-8H,2-4H2,1H3,(H,18,19)(H,20,21). The van der Waals surface area contributed by atoms with Crippen molar-refractivity contribution < 1.29 is 19.8 Å². The summed E-state index contributed by atoms with van der Waals surface area (Å²) >= 11 is 0. The maximum atomic E-state index is 11.2. The van der Waals surface area contributed by atoms with Crippen LogP contribution in [-0.2, 0) is 6.42 Å². The summed E-state index contributed by atoms with van der Waals surface area (Å²) in [6, 6.07) is 6.06. The molecule has 1 aromatic heterocycles. The molecule has 7 nitrogen and oxygen atoms in total. The summed E-state index contributed by atoms with van der Waals surface area (Å²) < 4.78 is 1.45. The fourth-order valence-corrected chi connectivity index (χ4v) is 1.99. The third-order valence-electron chi connectivity index (χ3n) is 3.09. The minimum Gasteiger partial charge on any atom is -0.478 e. The minimum absolute atomic E-state index is 0.0641. The zero-order chi connectivity index (χ0) is 15.4. The number of carboxylic acids is 2. The van der Waals surface area contributed by atoms with Gasteiger partial charge < -0.3 is 10.2 Å². The number of nitrogens with zero attached hydrogens (tertiary/aromatic N) is 3. The third kappa shape index (κ3) is 3.07. The van der Waals surface area contributed by atoms with Crippen LogP contribution in [0.4, 0.5) is 0 Å². The highest BCUT2D eigenvalue weighted by Gasteiger charge is 2.19. The molecule has 0 bridgehead atoms. The summed E-state index contributed by atoms with van der Waals surface area (Å²) in [7, 11) is 0. The van der Waals surface area contributed by atoms with Crippen molar-refractivity contribution in [3.05, 3.63) is 41.2 Å². The summed E-state index contributed by atoms with van der Waals surface area (Å²) in [5.41, 5.74) is 1.21. The second kappa shape index (κ2) is 6.17. The minimum atomic E-state index is -1.12. The Bertz CT molecular complexity index is 661. The van der Waals surface area contributed by atoms with Gasteiger partial charge in [0.2, 0.25) is 0 Å². The number of carboxylic acid groups (broad SMARTS) is 2. The predicted octanol–water partition coefficient (Wildman–Crippen LogP) is 2.01. The summed E-state index contributed by atoms with van der Waals surface area (Å²) in [5.74, 6) is -2.13. The van der Waals surface area contributed by atoms with E-state index < -0.39 is 11.9 Å². The van der Waals surface area contributed by atoms with E-state index in [4.69, 9.17) is 10.2 Å². The monoisotopic (exact) mass is 289 g/mol. The molecule has 2 N–H and O–H groups in total.